The van der Waals surface area contributed by atoms with Crippen molar-refractivity contribution in [3.8, 4) is 23.0 Å². The summed E-state index contributed by atoms with van der Waals surface area (Å²) < 4.78 is 23.0. The quantitative estimate of drug-likeness (QED) is 0.403. The largest absolute Gasteiger partial charge is 0.496 e. The number of aromatic nitrogens is 1. The molecule has 0 saturated carbocycles. The maximum Gasteiger partial charge on any atom is 0.234 e. The van der Waals surface area contributed by atoms with E-state index in [1.807, 2.05) is 62.4 Å². The summed E-state index contributed by atoms with van der Waals surface area (Å²) >= 11 is 0. The van der Waals surface area contributed by atoms with Gasteiger partial charge in [0.1, 0.15) is 11.5 Å². The topological polar surface area (TPSA) is 82.2 Å². The molecule has 0 saturated heterocycles. The van der Waals surface area contributed by atoms with Gasteiger partial charge in [-0.2, -0.15) is 0 Å². The Balaban J connectivity index is 1.67. The summed E-state index contributed by atoms with van der Waals surface area (Å²) in [4.78, 5) is 19.6. The van der Waals surface area contributed by atoms with Crippen LogP contribution in [0.5, 0.6) is 23.0 Å². The van der Waals surface area contributed by atoms with E-state index in [1.54, 1.807) is 27.5 Å². The lowest BCUT2D eigenvalue weighted by atomic mass is 9.87. The van der Waals surface area contributed by atoms with Crippen molar-refractivity contribution in [1.29, 1.82) is 0 Å². The van der Waals surface area contributed by atoms with Gasteiger partial charge in [0.25, 0.3) is 0 Å². The Kier molecular flexibility index (Phi) is 9.07. The summed E-state index contributed by atoms with van der Waals surface area (Å²) in [6.07, 6.45) is 3.14. The Morgan fingerprint density at radius 1 is 1.00 bits per heavy atom. The van der Waals surface area contributed by atoms with Gasteiger partial charge in [-0.1, -0.05) is 12.1 Å². The highest BCUT2D eigenvalue weighted by Gasteiger charge is 2.34. The standard InChI is InChI=1S/C30H37N3O5/c1-20(2)38-27-12-11-25(35-3)23-13-15-33(19-29(34)32-18-22-8-6-7-14-31-22)24(30(23)27)16-21-9-10-26(36-4)28(17-21)37-5/h6-12,14,17,20,24H,13,15-16,18-19H2,1-5H3,(H,32,34). The summed E-state index contributed by atoms with van der Waals surface area (Å²) in [6, 6.07) is 15.5. The van der Waals surface area contributed by atoms with Gasteiger partial charge >= 0.3 is 0 Å². The predicted octanol–water partition coefficient (Wildman–Crippen LogP) is 4.35. The van der Waals surface area contributed by atoms with E-state index in [1.165, 1.54) is 0 Å². The first-order valence-electron chi connectivity index (χ1n) is 12.9. The fourth-order valence-corrected chi connectivity index (χ4v) is 4.97. The first-order valence-corrected chi connectivity index (χ1v) is 12.9. The molecule has 3 aromatic rings. The molecule has 1 aliphatic rings. The average Bonchev–Trinajstić information content (AvgIpc) is 2.93. The van der Waals surface area contributed by atoms with Crippen LogP contribution < -0.4 is 24.3 Å². The zero-order valence-electron chi connectivity index (χ0n) is 22.8. The van der Waals surface area contributed by atoms with Crippen LogP contribution in [0.1, 0.15) is 42.3 Å². The van der Waals surface area contributed by atoms with Gasteiger partial charge in [0, 0.05) is 29.9 Å². The molecule has 0 radical (unpaired) electrons. The first kappa shape index (κ1) is 27.3. The van der Waals surface area contributed by atoms with Crippen LogP contribution in [0, 0.1) is 0 Å². The van der Waals surface area contributed by atoms with Crippen molar-refractivity contribution in [2.45, 2.75) is 45.4 Å². The number of pyridine rings is 1. The number of carbonyl (C=O) groups excluding carboxylic acids is 1. The van der Waals surface area contributed by atoms with E-state index in [9.17, 15) is 4.79 Å². The summed E-state index contributed by atoms with van der Waals surface area (Å²) in [5.41, 5.74) is 4.08. The second-order valence-electron chi connectivity index (χ2n) is 9.55. The molecule has 0 aliphatic carbocycles. The molecular weight excluding hydrogens is 482 g/mol. The van der Waals surface area contributed by atoms with Crippen LogP contribution >= 0.6 is 0 Å². The molecule has 2 aromatic carbocycles. The minimum absolute atomic E-state index is 0.00581. The Bertz CT molecular complexity index is 1230. The Hall–Kier alpha value is -3.78. The zero-order chi connectivity index (χ0) is 27.1. The van der Waals surface area contributed by atoms with Gasteiger partial charge in [-0.25, -0.2) is 0 Å². The maximum atomic E-state index is 13.1. The minimum Gasteiger partial charge on any atom is -0.496 e. The molecule has 1 unspecified atom stereocenters. The summed E-state index contributed by atoms with van der Waals surface area (Å²) in [5.74, 6) is 2.96. The summed E-state index contributed by atoms with van der Waals surface area (Å²) in [7, 11) is 4.95. The number of nitrogens with one attached hydrogen (secondary N) is 1. The van der Waals surface area contributed by atoms with Crippen molar-refractivity contribution >= 4 is 5.91 Å². The van der Waals surface area contributed by atoms with Gasteiger partial charge in [-0.3, -0.25) is 14.7 Å². The fraction of sp³-hybridized carbons (Fsp3) is 0.400. The Morgan fingerprint density at radius 2 is 1.74 bits per heavy atom. The van der Waals surface area contributed by atoms with Gasteiger partial charge in [-0.15, -0.1) is 0 Å². The van der Waals surface area contributed by atoms with Gasteiger partial charge in [0.15, 0.2) is 11.5 Å². The number of ether oxygens (including phenoxy) is 4. The summed E-state index contributed by atoms with van der Waals surface area (Å²) in [5, 5.41) is 3.02. The van der Waals surface area contributed by atoms with Gasteiger partial charge < -0.3 is 24.3 Å². The number of nitrogens with zero attached hydrogens (tertiary/aromatic N) is 2. The third kappa shape index (κ3) is 6.37. The molecule has 2 heterocycles. The van der Waals surface area contributed by atoms with Gasteiger partial charge in [0.2, 0.25) is 5.91 Å². The number of amides is 1. The number of methoxy groups -OCH3 is 3. The fourth-order valence-electron chi connectivity index (χ4n) is 4.97. The molecule has 0 fully saturated rings. The zero-order valence-corrected chi connectivity index (χ0v) is 22.8. The molecule has 8 nitrogen and oxygen atoms in total. The number of benzene rings is 2. The highest BCUT2D eigenvalue weighted by molar-refractivity contribution is 5.78. The molecule has 4 rings (SSSR count). The van der Waals surface area contributed by atoms with Crippen molar-refractivity contribution in [3.05, 3.63) is 77.1 Å². The molecule has 8 heteroatoms. The molecule has 1 amide bonds. The number of carbonyl (C=O) groups is 1. The lowest BCUT2D eigenvalue weighted by Crippen LogP contribution is -2.43. The third-order valence-electron chi connectivity index (χ3n) is 6.70. The van der Waals surface area contributed by atoms with E-state index in [2.05, 4.69) is 15.2 Å². The second-order valence-corrected chi connectivity index (χ2v) is 9.55. The van der Waals surface area contributed by atoms with E-state index in [-0.39, 0.29) is 24.6 Å². The van der Waals surface area contributed by atoms with E-state index in [4.69, 9.17) is 18.9 Å². The van der Waals surface area contributed by atoms with Crippen LogP contribution in [-0.2, 0) is 24.2 Å². The smallest absolute Gasteiger partial charge is 0.234 e. The lowest BCUT2D eigenvalue weighted by molar-refractivity contribution is -0.123. The minimum atomic E-state index is -0.110. The normalized spacial score (nSPS) is 15.1. The third-order valence-corrected chi connectivity index (χ3v) is 6.70. The molecule has 0 spiro atoms. The van der Waals surface area contributed by atoms with Crippen molar-refractivity contribution in [3.63, 3.8) is 0 Å². The maximum absolute atomic E-state index is 13.1. The van der Waals surface area contributed by atoms with Crippen LogP contribution in [0.25, 0.3) is 0 Å². The first-order chi connectivity index (χ1) is 18.4. The number of hydrogen-bond acceptors (Lipinski definition) is 7. The average molecular weight is 520 g/mol. The van der Waals surface area contributed by atoms with Crippen LogP contribution in [0.15, 0.2) is 54.7 Å². The van der Waals surface area contributed by atoms with Crippen LogP contribution in [0.3, 0.4) is 0 Å². The SMILES string of the molecule is COc1ccc(CC2c3c(OC(C)C)ccc(OC)c3CCN2CC(=O)NCc2ccccn2)cc1OC. The molecule has 38 heavy (non-hydrogen) atoms. The second kappa shape index (κ2) is 12.6. The van der Waals surface area contributed by atoms with E-state index in [0.717, 1.165) is 40.3 Å². The lowest BCUT2D eigenvalue weighted by Gasteiger charge is -2.39. The molecular formula is C30H37N3O5. The molecule has 1 N–H and O–H groups in total. The highest BCUT2D eigenvalue weighted by Crippen LogP contribution is 2.43. The van der Waals surface area contributed by atoms with Crippen molar-refractivity contribution in [2.24, 2.45) is 0 Å². The number of hydrogen-bond donors (Lipinski definition) is 1. The van der Waals surface area contributed by atoms with E-state index >= 15 is 0 Å². The molecule has 0 bridgehead atoms. The monoisotopic (exact) mass is 519 g/mol. The van der Waals surface area contributed by atoms with Gasteiger partial charge in [-0.05, 0) is 68.7 Å². The van der Waals surface area contributed by atoms with Crippen LogP contribution in [0.4, 0.5) is 0 Å². The van der Waals surface area contributed by atoms with Crippen molar-refractivity contribution in [2.75, 3.05) is 34.4 Å². The molecule has 202 valence electrons. The van der Waals surface area contributed by atoms with Crippen LogP contribution in [0.2, 0.25) is 0 Å². The van der Waals surface area contributed by atoms with Crippen molar-refractivity contribution in [1.82, 2.24) is 15.2 Å². The molecule has 1 aliphatic heterocycles. The number of rotatable bonds is 11. The number of fused-ring (bicyclic) bond motifs is 1. The molecule has 1 atom stereocenters. The van der Waals surface area contributed by atoms with E-state index < -0.39 is 0 Å². The Morgan fingerprint density at radius 3 is 2.42 bits per heavy atom. The van der Waals surface area contributed by atoms with Crippen molar-refractivity contribution < 1.29 is 23.7 Å². The molecule has 1 aromatic heterocycles. The van der Waals surface area contributed by atoms with E-state index in [0.29, 0.717) is 31.0 Å². The van der Waals surface area contributed by atoms with Gasteiger partial charge in [0.05, 0.1) is 46.2 Å². The summed E-state index contributed by atoms with van der Waals surface area (Å²) in [6.45, 7) is 5.39. The van der Waals surface area contributed by atoms with Crippen LogP contribution in [-0.4, -0.2) is 56.3 Å². The predicted molar refractivity (Wildman–Crippen MR) is 146 cm³/mol. The Labute approximate surface area is 224 Å². The highest BCUT2D eigenvalue weighted by atomic mass is 16.5.